The predicted molar refractivity (Wildman–Crippen MR) is 111 cm³/mol. The van der Waals surface area contributed by atoms with E-state index in [9.17, 15) is 21.6 Å². The van der Waals surface area contributed by atoms with Crippen LogP contribution >= 0.6 is 0 Å². The van der Waals surface area contributed by atoms with Gasteiger partial charge in [0.05, 0.1) is 10.5 Å². The summed E-state index contributed by atoms with van der Waals surface area (Å²) in [7, 11) is -4.04. The van der Waals surface area contributed by atoms with Crippen molar-refractivity contribution in [2.45, 2.75) is 43.0 Å². The number of benzene rings is 2. The van der Waals surface area contributed by atoms with E-state index in [4.69, 9.17) is 0 Å². The highest BCUT2D eigenvalue weighted by Gasteiger charge is 2.37. The van der Waals surface area contributed by atoms with E-state index in [0.29, 0.717) is 0 Å². The van der Waals surface area contributed by atoms with Gasteiger partial charge in [-0.1, -0.05) is 18.2 Å². The van der Waals surface area contributed by atoms with Crippen LogP contribution in [0.25, 0.3) is 0 Å². The summed E-state index contributed by atoms with van der Waals surface area (Å²) >= 11 is 0. The van der Waals surface area contributed by atoms with Crippen LogP contribution in [-0.2, 0) is 29.3 Å². The summed E-state index contributed by atoms with van der Waals surface area (Å²) < 4.78 is 66.8. The molecule has 0 N–H and O–H groups in total. The molecule has 2 fully saturated rings. The second kappa shape index (κ2) is 7.50. The normalized spacial score (nSPS) is 20.8. The number of piperazine rings is 1. The van der Waals surface area contributed by atoms with E-state index in [2.05, 4.69) is 9.80 Å². The summed E-state index contributed by atoms with van der Waals surface area (Å²) in [4.78, 5) is 4.50. The average Bonchev–Trinajstić information content (AvgIpc) is 3.50. The number of anilines is 1. The van der Waals surface area contributed by atoms with Gasteiger partial charge in [-0.05, 0) is 48.2 Å². The fourth-order valence-corrected chi connectivity index (χ4v) is 6.02. The minimum absolute atomic E-state index is 0.170. The zero-order valence-corrected chi connectivity index (χ0v) is 17.8. The van der Waals surface area contributed by atoms with Gasteiger partial charge < -0.3 is 4.90 Å². The van der Waals surface area contributed by atoms with Gasteiger partial charge in [0.1, 0.15) is 0 Å². The standard InChI is InChI=1S/C22H24F3N3O2S/c23-22(24,25)17-4-2-5-19(13-17)31(29,30)28-14-16-3-1-6-21(20(16)15-28)27-11-9-26(10-12-27)18-7-8-18/h1-6,13,18H,7-12,14-15H2. The zero-order valence-electron chi connectivity index (χ0n) is 17.0. The maximum absolute atomic E-state index is 13.1. The summed E-state index contributed by atoms with van der Waals surface area (Å²) in [5.74, 6) is 0. The molecule has 0 unspecified atom stereocenters. The van der Waals surface area contributed by atoms with Gasteiger partial charge in [0.25, 0.3) is 0 Å². The van der Waals surface area contributed by atoms with Crippen LogP contribution in [0.3, 0.4) is 0 Å². The molecule has 2 heterocycles. The fourth-order valence-electron chi connectivity index (χ4n) is 4.59. The maximum atomic E-state index is 13.1. The van der Waals surface area contributed by atoms with Crippen molar-refractivity contribution in [3.05, 3.63) is 59.2 Å². The first-order valence-corrected chi connectivity index (χ1v) is 11.9. The first-order chi connectivity index (χ1) is 14.7. The Morgan fingerprint density at radius 3 is 2.29 bits per heavy atom. The van der Waals surface area contributed by atoms with E-state index in [1.807, 2.05) is 18.2 Å². The molecule has 0 aromatic heterocycles. The molecule has 0 amide bonds. The number of rotatable bonds is 4. The molecule has 2 aromatic rings. The van der Waals surface area contributed by atoms with Crippen molar-refractivity contribution < 1.29 is 21.6 Å². The molecule has 31 heavy (non-hydrogen) atoms. The Labute approximate surface area is 180 Å². The van der Waals surface area contributed by atoms with Crippen molar-refractivity contribution in [2.24, 2.45) is 0 Å². The van der Waals surface area contributed by atoms with E-state index in [-0.39, 0.29) is 18.0 Å². The van der Waals surface area contributed by atoms with Crippen LogP contribution < -0.4 is 4.90 Å². The second-order valence-corrected chi connectivity index (χ2v) is 10.4. The molecule has 1 saturated carbocycles. The highest BCUT2D eigenvalue weighted by molar-refractivity contribution is 7.89. The number of halogens is 3. The lowest BCUT2D eigenvalue weighted by molar-refractivity contribution is -0.137. The zero-order chi connectivity index (χ0) is 21.8. The third kappa shape index (κ3) is 3.94. The van der Waals surface area contributed by atoms with Gasteiger partial charge in [0.15, 0.2) is 0 Å². The van der Waals surface area contributed by atoms with Gasteiger partial charge in [0, 0.05) is 51.0 Å². The Balaban J connectivity index is 1.37. The quantitative estimate of drug-likeness (QED) is 0.711. The molecule has 166 valence electrons. The van der Waals surface area contributed by atoms with Gasteiger partial charge in [-0.2, -0.15) is 17.5 Å². The molecule has 3 aliphatic rings. The summed E-state index contributed by atoms with van der Waals surface area (Å²) in [6.45, 7) is 4.14. The van der Waals surface area contributed by atoms with Crippen LogP contribution in [0, 0.1) is 0 Å². The van der Waals surface area contributed by atoms with Crippen LogP contribution in [0.15, 0.2) is 47.4 Å². The Hall–Kier alpha value is -2.10. The van der Waals surface area contributed by atoms with Gasteiger partial charge in [-0.15, -0.1) is 0 Å². The van der Waals surface area contributed by atoms with Crippen molar-refractivity contribution in [2.75, 3.05) is 31.1 Å². The van der Waals surface area contributed by atoms with E-state index in [1.54, 1.807) is 0 Å². The molecule has 0 atom stereocenters. The maximum Gasteiger partial charge on any atom is 0.416 e. The summed E-state index contributed by atoms with van der Waals surface area (Å²) in [6.07, 6.45) is -2.03. The number of hydrogen-bond donors (Lipinski definition) is 0. The Bertz CT molecular complexity index is 1090. The van der Waals surface area contributed by atoms with Crippen LogP contribution in [0.1, 0.15) is 29.5 Å². The van der Waals surface area contributed by atoms with E-state index in [0.717, 1.165) is 67.2 Å². The molecule has 9 heteroatoms. The molecule has 0 spiro atoms. The van der Waals surface area contributed by atoms with Crippen molar-refractivity contribution >= 4 is 15.7 Å². The summed E-state index contributed by atoms with van der Waals surface area (Å²) in [6, 6.07) is 10.6. The van der Waals surface area contributed by atoms with Crippen LogP contribution in [-0.4, -0.2) is 49.8 Å². The number of hydrogen-bond acceptors (Lipinski definition) is 4. The molecule has 0 bridgehead atoms. The van der Waals surface area contributed by atoms with Crippen LogP contribution in [0.4, 0.5) is 18.9 Å². The molecular formula is C22H24F3N3O2S. The van der Waals surface area contributed by atoms with Gasteiger partial charge in [0.2, 0.25) is 10.0 Å². The van der Waals surface area contributed by atoms with Gasteiger partial charge >= 0.3 is 6.18 Å². The van der Waals surface area contributed by atoms with Crippen molar-refractivity contribution in [1.29, 1.82) is 0 Å². The molecule has 0 radical (unpaired) electrons. The van der Waals surface area contributed by atoms with Crippen LogP contribution in [0.5, 0.6) is 0 Å². The summed E-state index contributed by atoms with van der Waals surface area (Å²) in [5.41, 5.74) is 1.95. The summed E-state index contributed by atoms with van der Waals surface area (Å²) in [5, 5.41) is 0. The molecule has 2 aliphatic heterocycles. The molecule has 2 aromatic carbocycles. The molecule has 5 nitrogen and oxygen atoms in total. The first-order valence-electron chi connectivity index (χ1n) is 10.5. The molecule has 5 rings (SSSR count). The van der Waals surface area contributed by atoms with E-state index >= 15 is 0 Å². The van der Waals surface area contributed by atoms with Crippen molar-refractivity contribution in [3.63, 3.8) is 0 Å². The Morgan fingerprint density at radius 1 is 0.903 bits per heavy atom. The average molecular weight is 452 g/mol. The van der Waals surface area contributed by atoms with Gasteiger partial charge in [-0.25, -0.2) is 8.42 Å². The third-order valence-corrected chi connectivity index (χ3v) is 8.23. The lowest BCUT2D eigenvalue weighted by atomic mass is 10.1. The molecular weight excluding hydrogens is 427 g/mol. The van der Waals surface area contributed by atoms with Crippen molar-refractivity contribution in [3.8, 4) is 0 Å². The third-order valence-electron chi connectivity index (χ3n) is 6.45. The smallest absolute Gasteiger partial charge is 0.369 e. The number of alkyl halides is 3. The van der Waals surface area contributed by atoms with Gasteiger partial charge in [-0.3, -0.25) is 4.90 Å². The fraction of sp³-hybridized carbons (Fsp3) is 0.455. The second-order valence-electron chi connectivity index (χ2n) is 8.47. The van der Waals surface area contributed by atoms with E-state index < -0.39 is 21.8 Å². The highest BCUT2D eigenvalue weighted by atomic mass is 32.2. The minimum Gasteiger partial charge on any atom is -0.369 e. The lowest BCUT2D eigenvalue weighted by Gasteiger charge is -2.37. The highest BCUT2D eigenvalue weighted by Crippen LogP contribution is 2.37. The number of sulfonamides is 1. The lowest BCUT2D eigenvalue weighted by Crippen LogP contribution is -2.47. The predicted octanol–water partition coefficient (Wildman–Crippen LogP) is 3.69. The topological polar surface area (TPSA) is 43.9 Å². The minimum atomic E-state index is -4.59. The first kappa shape index (κ1) is 20.8. The number of fused-ring (bicyclic) bond motifs is 1. The SMILES string of the molecule is O=S(=O)(c1cccc(C(F)(F)F)c1)N1Cc2cccc(N3CCN(C4CC4)CC3)c2C1. The Morgan fingerprint density at radius 2 is 1.61 bits per heavy atom. The Kier molecular flexibility index (Phi) is 5.02. The monoisotopic (exact) mass is 451 g/mol. The molecule has 1 saturated heterocycles. The number of nitrogens with zero attached hydrogens (tertiary/aromatic N) is 3. The molecule has 1 aliphatic carbocycles. The largest absolute Gasteiger partial charge is 0.416 e. The van der Waals surface area contributed by atoms with Crippen molar-refractivity contribution in [1.82, 2.24) is 9.21 Å². The van der Waals surface area contributed by atoms with Crippen LogP contribution in [0.2, 0.25) is 0 Å². The van der Waals surface area contributed by atoms with E-state index in [1.165, 1.54) is 23.2 Å².